The molecule has 2 fully saturated rings. The van der Waals surface area contributed by atoms with Gasteiger partial charge in [0, 0.05) is 37.7 Å². The summed E-state index contributed by atoms with van der Waals surface area (Å²) in [6, 6.07) is 0.864. The number of amides is 2. The number of piperidine rings is 1. The van der Waals surface area contributed by atoms with E-state index in [2.05, 4.69) is 12.2 Å². The molecule has 0 radical (unpaired) electrons. The van der Waals surface area contributed by atoms with Gasteiger partial charge in [-0.15, -0.1) is 0 Å². The predicted molar refractivity (Wildman–Crippen MR) is 90.3 cm³/mol. The van der Waals surface area contributed by atoms with Crippen molar-refractivity contribution in [2.45, 2.75) is 39.0 Å². The van der Waals surface area contributed by atoms with Gasteiger partial charge in [0.25, 0.3) is 0 Å². The van der Waals surface area contributed by atoms with Crippen molar-refractivity contribution >= 4 is 11.8 Å². The molecule has 3 rings (SSSR count). The number of Topliss-reactive ketones (excluding diaryl/α,β-unsaturated/α-hetero) is 1. The lowest BCUT2D eigenvalue weighted by molar-refractivity contribution is 0.0841. The molecule has 0 atom stereocenters. The third-order valence-corrected chi connectivity index (χ3v) is 5.63. The number of hydrogen-bond donors (Lipinski definition) is 1. The molecule has 1 aliphatic heterocycles. The van der Waals surface area contributed by atoms with Gasteiger partial charge >= 0.3 is 6.03 Å². The van der Waals surface area contributed by atoms with Crippen molar-refractivity contribution in [1.29, 1.82) is 0 Å². The van der Waals surface area contributed by atoms with Crippen molar-refractivity contribution in [2.75, 3.05) is 19.6 Å². The average Bonchev–Trinajstić information content (AvgIpc) is 2.57. The van der Waals surface area contributed by atoms with E-state index in [0.717, 1.165) is 12.8 Å². The number of carbonyl (C=O) groups is 2. The maximum atomic E-state index is 13.8. The highest BCUT2D eigenvalue weighted by Gasteiger charge is 2.34. The van der Waals surface area contributed by atoms with Crippen LogP contribution in [0.1, 0.15) is 49.4 Å². The highest BCUT2D eigenvalue weighted by molar-refractivity contribution is 5.98. The topological polar surface area (TPSA) is 49.4 Å². The molecular weight excluding hydrogens is 345 g/mol. The smallest absolute Gasteiger partial charge is 0.317 e. The fourth-order valence-electron chi connectivity index (χ4n) is 3.68. The Morgan fingerprint density at radius 2 is 1.73 bits per heavy atom. The molecular formula is C19H23F3N2O2. The lowest BCUT2D eigenvalue weighted by Gasteiger charge is -2.39. The highest BCUT2D eigenvalue weighted by atomic mass is 19.1. The molecule has 1 saturated carbocycles. The number of likely N-dealkylation sites (tertiary alicyclic amines) is 1. The summed E-state index contributed by atoms with van der Waals surface area (Å²) in [5, 5.41) is 2.94. The number of nitrogens with zero attached hydrogens (tertiary/aromatic N) is 1. The molecule has 1 saturated heterocycles. The minimum atomic E-state index is -1.18. The molecule has 1 aromatic rings. The van der Waals surface area contributed by atoms with Gasteiger partial charge in [-0.1, -0.05) is 13.3 Å². The molecule has 142 valence electrons. The van der Waals surface area contributed by atoms with E-state index in [-0.39, 0.29) is 11.4 Å². The van der Waals surface area contributed by atoms with E-state index in [1.54, 1.807) is 4.90 Å². The van der Waals surface area contributed by atoms with Crippen LogP contribution in [0.5, 0.6) is 0 Å². The SMILES string of the molecule is CC1(CNC(=O)N2CCC(C(=O)c3c(F)cc(F)cc3F)CC2)CCC1. The van der Waals surface area contributed by atoms with Crippen molar-refractivity contribution in [2.24, 2.45) is 11.3 Å². The summed E-state index contributed by atoms with van der Waals surface area (Å²) in [5.74, 6) is -4.65. The van der Waals surface area contributed by atoms with Gasteiger partial charge in [-0.25, -0.2) is 18.0 Å². The molecule has 0 unspecified atom stereocenters. The second kappa shape index (κ2) is 7.29. The largest absolute Gasteiger partial charge is 0.337 e. The molecule has 1 aromatic carbocycles. The van der Waals surface area contributed by atoms with Gasteiger partial charge in [-0.2, -0.15) is 0 Å². The molecule has 0 bridgehead atoms. The maximum absolute atomic E-state index is 13.8. The van der Waals surface area contributed by atoms with Crippen LogP contribution in [0.2, 0.25) is 0 Å². The lowest BCUT2D eigenvalue weighted by Crippen LogP contribution is -2.49. The monoisotopic (exact) mass is 368 g/mol. The van der Waals surface area contributed by atoms with E-state index in [9.17, 15) is 22.8 Å². The Bertz CT molecular complexity index is 688. The predicted octanol–water partition coefficient (Wildman–Crippen LogP) is 3.90. The fourth-order valence-corrected chi connectivity index (χ4v) is 3.68. The third-order valence-electron chi connectivity index (χ3n) is 5.63. The van der Waals surface area contributed by atoms with Crippen LogP contribution in [0, 0.1) is 28.8 Å². The fraction of sp³-hybridized carbons (Fsp3) is 0.579. The molecule has 1 aliphatic carbocycles. The number of benzene rings is 1. The highest BCUT2D eigenvalue weighted by Crippen LogP contribution is 2.39. The van der Waals surface area contributed by atoms with E-state index in [0.29, 0.717) is 44.6 Å². The van der Waals surface area contributed by atoms with Crippen LogP contribution in [-0.2, 0) is 0 Å². The summed E-state index contributed by atoms with van der Waals surface area (Å²) in [4.78, 5) is 26.3. The second-order valence-corrected chi connectivity index (χ2v) is 7.69. The first kappa shape index (κ1) is 18.7. The number of rotatable bonds is 4. The first-order chi connectivity index (χ1) is 12.3. The summed E-state index contributed by atoms with van der Waals surface area (Å²) in [6.07, 6.45) is 4.08. The zero-order chi connectivity index (χ0) is 18.9. The molecule has 2 aliphatic rings. The zero-order valence-corrected chi connectivity index (χ0v) is 14.8. The van der Waals surface area contributed by atoms with Gasteiger partial charge in [0.2, 0.25) is 0 Å². The second-order valence-electron chi connectivity index (χ2n) is 7.69. The van der Waals surface area contributed by atoms with E-state index in [4.69, 9.17) is 0 Å². The Balaban J connectivity index is 1.55. The molecule has 1 N–H and O–H groups in total. The van der Waals surface area contributed by atoms with Gasteiger partial charge in [0.1, 0.15) is 17.5 Å². The van der Waals surface area contributed by atoms with Crippen molar-refractivity contribution in [3.63, 3.8) is 0 Å². The molecule has 7 heteroatoms. The Hall–Kier alpha value is -2.05. The molecule has 26 heavy (non-hydrogen) atoms. The summed E-state index contributed by atoms with van der Waals surface area (Å²) in [6.45, 7) is 3.48. The standard InChI is InChI=1S/C19H23F3N2O2/c1-19(5-2-6-19)11-23-18(26)24-7-3-12(4-8-24)17(25)16-14(21)9-13(20)10-15(16)22/h9-10,12H,2-8,11H2,1H3,(H,23,26). The lowest BCUT2D eigenvalue weighted by atomic mass is 9.70. The zero-order valence-electron chi connectivity index (χ0n) is 14.8. The van der Waals surface area contributed by atoms with E-state index >= 15 is 0 Å². The van der Waals surface area contributed by atoms with Crippen LogP contribution in [0.15, 0.2) is 12.1 Å². The van der Waals surface area contributed by atoms with Crippen LogP contribution < -0.4 is 5.32 Å². The van der Waals surface area contributed by atoms with Crippen molar-refractivity contribution in [3.8, 4) is 0 Å². The first-order valence-corrected chi connectivity index (χ1v) is 9.01. The molecule has 2 amide bonds. The van der Waals surface area contributed by atoms with Crippen molar-refractivity contribution < 1.29 is 22.8 Å². The van der Waals surface area contributed by atoms with Crippen LogP contribution >= 0.6 is 0 Å². The number of ketones is 1. The van der Waals surface area contributed by atoms with Crippen molar-refractivity contribution in [3.05, 3.63) is 35.1 Å². The van der Waals surface area contributed by atoms with Gasteiger partial charge < -0.3 is 10.2 Å². The normalized spacial score (nSPS) is 19.8. The minimum absolute atomic E-state index is 0.164. The van der Waals surface area contributed by atoms with Gasteiger partial charge in [-0.05, 0) is 31.1 Å². The number of carbonyl (C=O) groups excluding carboxylic acids is 2. The Labute approximate surface area is 150 Å². The maximum Gasteiger partial charge on any atom is 0.317 e. The summed E-state index contributed by atoms with van der Waals surface area (Å²) in [5.41, 5.74) is -0.506. The summed E-state index contributed by atoms with van der Waals surface area (Å²) >= 11 is 0. The van der Waals surface area contributed by atoms with Crippen molar-refractivity contribution in [1.82, 2.24) is 10.2 Å². The van der Waals surface area contributed by atoms with Gasteiger partial charge in [-0.3, -0.25) is 4.79 Å². The van der Waals surface area contributed by atoms with Gasteiger partial charge in [0.05, 0.1) is 5.56 Å². The number of nitrogens with one attached hydrogen (secondary N) is 1. The minimum Gasteiger partial charge on any atom is -0.337 e. The van der Waals surface area contributed by atoms with E-state index < -0.39 is 34.7 Å². The average molecular weight is 368 g/mol. The Morgan fingerprint density at radius 1 is 1.15 bits per heavy atom. The van der Waals surface area contributed by atoms with Crippen LogP contribution in [0.3, 0.4) is 0 Å². The number of urea groups is 1. The first-order valence-electron chi connectivity index (χ1n) is 9.01. The molecule has 0 spiro atoms. The molecule has 1 heterocycles. The van der Waals surface area contributed by atoms with E-state index in [1.807, 2.05) is 0 Å². The summed E-state index contributed by atoms with van der Waals surface area (Å²) in [7, 11) is 0. The third kappa shape index (κ3) is 3.86. The van der Waals surface area contributed by atoms with Crippen LogP contribution in [0.4, 0.5) is 18.0 Å². The summed E-state index contributed by atoms with van der Waals surface area (Å²) < 4.78 is 40.6. The Kier molecular flexibility index (Phi) is 5.25. The van der Waals surface area contributed by atoms with E-state index in [1.165, 1.54) is 6.42 Å². The number of halogens is 3. The quantitative estimate of drug-likeness (QED) is 0.820. The molecule has 4 nitrogen and oxygen atoms in total. The van der Waals surface area contributed by atoms with Crippen LogP contribution in [0.25, 0.3) is 0 Å². The van der Waals surface area contributed by atoms with Gasteiger partial charge in [0.15, 0.2) is 5.78 Å². The van der Waals surface area contributed by atoms with Crippen LogP contribution in [-0.4, -0.2) is 36.3 Å². The number of hydrogen-bond acceptors (Lipinski definition) is 2. The Morgan fingerprint density at radius 3 is 2.23 bits per heavy atom. The molecule has 0 aromatic heterocycles.